The van der Waals surface area contributed by atoms with Crippen molar-refractivity contribution in [3.63, 3.8) is 0 Å². The van der Waals surface area contributed by atoms with Gasteiger partial charge in [0.2, 0.25) is 6.29 Å². The topological polar surface area (TPSA) is 71.1 Å². The predicted molar refractivity (Wildman–Crippen MR) is 103 cm³/mol. The third-order valence-corrected chi connectivity index (χ3v) is 5.90. The van der Waals surface area contributed by atoms with Gasteiger partial charge in [0.1, 0.15) is 6.29 Å². The van der Waals surface area contributed by atoms with Gasteiger partial charge in [-0.15, -0.1) is 0 Å². The van der Waals surface area contributed by atoms with Crippen LogP contribution in [0.4, 0.5) is 0 Å². The maximum Gasteiger partial charge on any atom is 0.340 e. The van der Waals surface area contributed by atoms with Crippen LogP contribution in [0.5, 0.6) is 0 Å². The van der Waals surface area contributed by atoms with Gasteiger partial charge in [0.15, 0.2) is 11.4 Å². The molecule has 0 unspecified atom stereocenters. The Morgan fingerprint density at radius 3 is 2.61 bits per heavy atom. The van der Waals surface area contributed by atoms with Gasteiger partial charge in [-0.1, -0.05) is 33.3 Å². The number of esters is 1. The molecule has 3 aliphatic rings. The fourth-order valence-corrected chi connectivity index (χ4v) is 4.23. The number of ether oxygens (including phenoxy) is 4. The Bertz CT molecular complexity index is 650. The van der Waals surface area contributed by atoms with Crippen LogP contribution in [0.2, 0.25) is 0 Å². The van der Waals surface area contributed by atoms with Crippen molar-refractivity contribution in [3.8, 4) is 0 Å². The number of aldehydes is 1. The third kappa shape index (κ3) is 4.34. The van der Waals surface area contributed by atoms with E-state index in [0.717, 1.165) is 32.0 Å². The molecule has 28 heavy (non-hydrogen) atoms. The SMILES string of the molecule is CC1=C[C@]2(CCC[C@@H](C[C@@]3(C)O[C@H](C(C)(C)C)OC3=O)O2)O[C@H]([C@H](C)C=O)C1. The van der Waals surface area contributed by atoms with Crippen molar-refractivity contribution in [2.75, 3.05) is 0 Å². The zero-order chi connectivity index (χ0) is 20.7. The molecule has 6 heteroatoms. The van der Waals surface area contributed by atoms with Crippen molar-refractivity contribution in [1.82, 2.24) is 0 Å². The van der Waals surface area contributed by atoms with Crippen molar-refractivity contribution in [3.05, 3.63) is 11.6 Å². The summed E-state index contributed by atoms with van der Waals surface area (Å²) in [6, 6.07) is 0. The molecule has 0 aromatic carbocycles. The standard InChI is InChI=1S/C22H34O6/c1-14-10-17(15(2)13-23)27-22(11-14)9-7-8-16(26-22)12-21(6)18(24)25-19(28-21)20(3,4)5/h11,13,15-17,19H,7-10,12H2,1-6H3/t15-,16+,17+,19-,21-,22+/m1/s1. The van der Waals surface area contributed by atoms with Crippen molar-refractivity contribution in [2.45, 2.75) is 104 Å². The minimum absolute atomic E-state index is 0.181. The van der Waals surface area contributed by atoms with E-state index >= 15 is 0 Å². The Balaban J connectivity index is 1.72. The van der Waals surface area contributed by atoms with Gasteiger partial charge in [-0.25, -0.2) is 4.79 Å². The van der Waals surface area contributed by atoms with E-state index in [4.69, 9.17) is 18.9 Å². The number of hydrogen-bond acceptors (Lipinski definition) is 6. The Morgan fingerprint density at radius 2 is 2.00 bits per heavy atom. The van der Waals surface area contributed by atoms with Crippen LogP contribution in [0.25, 0.3) is 0 Å². The lowest BCUT2D eigenvalue weighted by atomic mass is 9.88. The van der Waals surface area contributed by atoms with Gasteiger partial charge >= 0.3 is 5.97 Å². The molecule has 2 fully saturated rings. The molecule has 3 rings (SSSR count). The van der Waals surface area contributed by atoms with Gasteiger partial charge in [0.25, 0.3) is 0 Å². The molecule has 3 heterocycles. The summed E-state index contributed by atoms with van der Waals surface area (Å²) in [6.45, 7) is 11.7. The normalized spacial score (nSPS) is 40.1. The molecule has 6 nitrogen and oxygen atoms in total. The summed E-state index contributed by atoms with van der Waals surface area (Å²) < 4.78 is 24.2. The largest absolute Gasteiger partial charge is 0.433 e. The van der Waals surface area contributed by atoms with E-state index in [1.807, 2.05) is 33.8 Å². The highest BCUT2D eigenvalue weighted by Gasteiger charge is 2.53. The fourth-order valence-electron chi connectivity index (χ4n) is 4.23. The first-order valence-corrected chi connectivity index (χ1v) is 10.3. The average Bonchev–Trinajstić information content (AvgIpc) is 2.88. The maximum atomic E-state index is 12.5. The monoisotopic (exact) mass is 394 g/mol. The lowest BCUT2D eigenvalue weighted by Crippen LogP contribution is -2.50. The van der Waals surface area contributed by atoms with Crippen LogP contribution in [0, 0.1) is 11.3 Å². The molecule has 0 aromatic rings. The maximum absolute atomic E-state index is 12.5. The quantitative estimate of drug-likeness (QED) is 0.409. The molecule has 0 saturated carbocycles. The van der Waals surface area contributed by atoms with Crippen LogP contribution in [0.1, 0.15) is 73.6 Å². The zero-order valence-corrected chi connectivity index (χ0v) is 17.9. The Kier molecular flexibility index (Phi) is 5.78. The molecule has 0 radical (unpaired) electrons. The van der Waals surface area contributed by atoms with Gasteiger partial charge in [-0.3, -0.25) is 0 Å². The molecule has 0 aliphatic carbocycles. The Morgan fingerprint density at radius 1 is 1.29 bits per heavy atom. The van der Waals surface area contributed by atoms with E-state index in [1.54, 1.807) is 6.92 Å². The Hall–Kier alpha value is -1.24. The first-order valence-electron chi connectivity index (χ1n) is 10.3. The summed E-state index contributed by atoms with van der Waals surface area (Å²) in [5.41, 5.74) is -0.141. The Labute approximate surface area is 167 Å². The highest BCUT2D eigenvalue weighted by atomic mass is 16.8. The first kappa shape index (κ1) is 21.5. The lowest BCUT2D eigenvalue weighted by molar-refractivity contribution is -0.284. The molecular formula is C22H34O6. The first-order chi connectivity index (χ1) is 13.0. The van der Waals surface area contributed by atoms with Crippen LogP contribution in [-0.4, -0.2) is 42.1 Å². The van der Waals surface area contributed by atoms with Crippen LogP contribution in [-0.2, 0) is 28.5 Å². The molecule has 2 saturated heterocycles. The van der Waals surface area contributed by atoms with Crippen LogP contribution in [0.3, 0.4) is 0 Å². The second-order valence-corrected chi connectivity index (χ2v) is 9.95. The van der Waals surface area contributed by atoms with Crippen molar-refractivity contribution >= 4 is 12.3 Å². The molecule has 6 atom stereocenters. The molecule has 0 amide bonds. The molecule has 0 N–H and O–H groups in total. The molecule has 1 spiro atoms. The molecule has 0 aromatic heterocycles. The van der Waals surface area contributed by atoms with Gasteiger partial charge in [-0.2, -0.15) is 0 Å². The van der Waals surface area contributed by atoms with E-state index < -0.39 is 17.7 Å². The fraction of sp³-hybridized carbons (Fsp3) is 0.818. The summed E-state index contributed by atoms with van der Waals surface area (Å²) >= 11 is 0. The highest BCUT2D eigenvalue weighted by Crippen LogP contribution is 2.43. The number of carbonyl (C=O) groups excluding carboxylic acids is 2. The summed E-state index contributed by atoms with van der Waals surface area (Å²) in [4.78, 5) is 23.8. The second-order valence-electron chi connectivity index (χ2n) is 9.95. The van der Waals surface area contributed by atoms with Crippen LogP contribution >= 0.6 is 0 Å². The minimum Gasteiger partial charge on any atom is -0.433 e. The van der Waals surface area contributed by atoms with E-state index in [9.17, 15) is 9.59 Å². The van der Waals surface area contributed by atoms with Gasteiger partial charge in [0, 0.05) is 24.2 Å². The average molecular weight is 395 g/mol. The predicted octanol–water partition coefficient (Wildman–Crippen LogP) is 3.92. The number of rotatable bonds is 4. The summed E-state index contributed by atoms with van der Waals surface area (Å²) in [5, 5.41) is 0. The van der Waals surface area contributed by atoms with Crippen molar-refractivity contribution < 1.29 is 28.5 Å². The van der Waals surface area contributed by atoms with Crippen molar-refractivity contribution in [2.24, 2.45) is 11.3 Å². The summed E-state index contributed by atoms with van der Waals surface area (Å²) in [7, 11) is 0. The number of cyclic esters (lactones) is 1. The van der Waals surface area contributed by atoms with Gasteiger partial charge < -0.3 is 23.7 Å². The second kappa shape index (κ2) is 7.54. The van der Waals surface area contributed by atoms with Crippen LogP contribution in [0.15, 0.2) is 11.6 Å². The van der Waals surface area contributed by atoms with Crippen molar-refractivity contribution in [1.29, 1.82) is 0 Å². The smallest absolute Gasteiger partial charge is 0.340 e. The van der Waals surface area contributed by atoms with E-state index in [1.165, 1.54) is 5.57 Å². The lowest BCUT2D eigenvalue weighted by Gasteiger charge is -2.45. The number of carbonyl (C=O) groups is 2. The summed E-state index contributed by atoms with van der Waals surface area (Å²) in [6.07, 6.45) is 5.70. The minimum atomic E-state index is -1.02. The highest BCUT2D eigenvalue weighted by molar-refractivity contribution is 5.80. The van der Waals surface area contributed by atoms with Crippen LogP contribution < -0.4 is 0 Å². The molecular weight excluding hydrogens is 360 g/mol. The molecule has 158 valence electrons. The molecule has 0 bridgehead atoms. The van der Waals surface area contributed by atoms with Gasteiger partial charge in [-0.05, 0) is 39.2 Å². The summed E-state index contributed by atoms with van der Waals surface area (Å²) in [5.74, 6) is -1.35. The van der Waals surface area contributed by atoms with E-state index in [0.29, 0.717) is 6.42 Å². The van der Waals surface area contributed by atoms with E-state index in [2.05, 4.69) is 6.92 Å². The third-order valence-electron chi connectivity index (χ3n) is 5.90. The number of hydrogen-bond donors (Lipinski definition) is 0. The van der Waals surface area contributed by atoms with E-state index in [-0.39, 0.29) is 29.5 Å². The van der Waals surface area contributed by atoms with Gasteiger partial charge in [0.05, 0.1) is 12.2 Å². The zero-order valence-electron chi connectivity index (χ0n) is 17.9. The molecule has 3 aliphatic heterocycles.